The van der Waals surface area contributed by atoms with Gasteiger partial charge in [-0.3, -0.25) is 24.8 Å². The molecule has 1 fully saturated rings. The second-order valence-electron chi connectivity index (χ2n) is 3.82. The first kappa shape index (κ1) is 11.9. The molecule has 2 rings (SSSR count). The summed E-state index contributed by atoms with van der Waals surface area (Å²) in [6.07, 6.45) is 2.97. The molecule has 2 heterocycles. The van der Waals surface area contributed by atoms with E-state index in [0.717, 1.165) is 0 Å². The van der Waals surface area contributed by atoms with Crippen molar-refractivity contribution >= 4 is 23.4 Å². The molecule has 1 atom stereocenters. The summed E-state index contributed by atoms with van der Waals surface area (Å²) in [5.74, 6) is -0.585. The highest BCUT2D eigenvalue weighted by molar-refractivity contribution is 6.29. The van der Waals surface area contributed by atoms with Crippen LogP contribution in [0, 0.1) is 0 Å². The fourth-order valence-corrected chi connectivity index (χ4v) is 1.69. The Bertz CT molecular complexity index is 448. The zero-order chi connectivity index (χ0) is 12.4. The minimum Gasteiger partial charge on any atom is -0.294 e. The highest BCUT2D eigenvalue weighted by Crippen LogP contribution is 2.10. The maximum Gasteiger partial charge on any atom is 0.243 e. The molecule has 1 aromatic rings. The minimum absolute atomic E-state index is 0.178. The number of aromatic nitrogens is 2. The first-order valence-electron chi connectivity index (χ1n) is 5.10. The van der Waals surface area contributed by atoms with Gasteiger partial charge in [-0.2, -0.15) is 0 Å². The zero-order valence-electron chi connectivity index (χ0n) is 9.18. The zero-order valence-corrected chi connectivity index (χ0v) is 9.94. The van der Waals surface area contributed by atoms with Crippen molar-refractivity contribution in [1.29, 1.82) is 0 Å². The summed E-state index contributed by atoms with van der Waals surface area (Å²) in [6, 6.07) is -0.356. The third-order valence-corrected chi connectivity index (χ3v) is 2.77. The van der Waals surface area contributed by atoms with E-state index in [0.29, 0.717) is 17.4 Å². The minimum atomic E-state index is -0.356. The van der Waals surface area contributed by atoms with Crippen molar-refractivity contribution in [3.05, 3.63) is 23.2 Å². The smallest absolute Gasteiger partial charge is 0.243 e. The molecule has 0 spiro atoms. The number of hydrogen-bond acceptors (Lipinski definition) is 5. The second-order valence-corrected chi connectivity index (χ2v) is 4.21. The van der Waals surface area contributed by atoms with Crippen LogP contribution in [0.3, 0.4) is 0 Å². The summed E-state index contributed by atoms with van der Waals surface area (Å²) in [7, 11) is 0. The van der Waals surface area contributed by atoms with Crippen LogP contribution in [-0.2, 0) is 16.1 Å². The summed E-state index contributed by atoms with van der Waals surface area (Å²) in [5, 5.41) is 2.59. The summed E-state index contributed by atoms with van der Waals surface area (Å²) in [4.78, 5) is 32.4. The van der Waals surface area contributed by atoms with Crippen LogP contribution in [0.5, 0.6) is 0 Å². The van der Waals surface area contributed by atoms with E-state index in [-0.39, 0.29) is 24.4 Å². The van der Waals surface area contributed by atoms with E-state index in [9.17, 15) is 9.59 Å². The fourth-order valence-electron chi connectivity index (χ4n) is 1.59. The highest BCUT2D eigenvalue weighted by Gasteiger charge is 2.30. The van der Waals surface area contributed by atoms with Crippen LogP contribution in [0.4, 0.5) is 0 Å². The van der Waals surface area contributed by atoms with Crippen LogP contribution >= 0.6 is 11.6 Å². The average Bonchev–Trinajstić information content (AvgIpc) is 2.28. The molecule has 0 bridgehead atoms. The Hall–Kier alpha value is -1.53. The summed E-state index contributed by atoms with van der Waals surface area (Å²) < 4.78 is 0. The van der Waals surface area contributed by atoms with E-state index in [1.165, 1.54) is 12.4 Å². The topological polar surface area (TPSA) is 75.2 Å². The molecular formula is C10H11ClN4O2. The van der Waals surface area contributed by atoms with Gasteiger partial charge in [0, 0.05) is 6.54 Å². The molecule has 1 saturated heterocycles. The molecule has 1 unspecified atom stereocenters. The van der Waals surface area contributed by atoms with Crippen molar-refractivity contribution in [2.24, 2.45) is 0 Å². The lowest BCUT2D eigenvalue weighted by molar-refractivity contribution is -0.139. The first-order chi connectivity index (χ1) is 8.06. The lowest BCUT2D eigenvalue weighted by atomic mass is 10.2. The number of piperazine rings is 1. The Kier molecular flexibility index (Phi) is 3.35. The molecule has 0 radical (unpaired) electrons. The number of hydrogen-bond donors (Lipinski definition) is 1. The number of carbonyl (C=O) groups is 2. The molecule has 6 nitrogen and oxygen atoms in total. The average molecular weight is 255 g/mol. The first-order valence-corrected chi connectivity index (χ1v) is 5.48. The van der Waals surface area contributed by atoms with Gasteiger partial charge in [0.2, 0.25) is 11.8 Å². The number of nitrogens with zero attached hydrogens (tertiary/aromatic N) is 3. The number of halogens is 1. The van der Waals surface area contributed by atoms with Crippen molar-refractivity contribution < 1.29 is 9.59 Å². The lowest BCUT2D eigenvalue weighted by Gasteiger charge is -2.30. The molecule has 7 heteroatoms. The molecule has 2 amide bonds. The molecule has 1 N–H and O–H groups in total. The van der Waals surface area contributed by atoms with Crippen LogP contribution in [-0.4, -0.2) is 39.3 Å². The van der Waals surface area contributed by atoms with Crippen molar-refractivity contribution in [3.8, 4) is 0 Å². The van der Waals surface area contributed by atoms with Gasteiger partial charge in [-0.25, -0.2) is 4.98 Å². The molecule has 0 aliphatic carbocycles. The normalized spacial score (nSPS) is 21.4. The Morgan fingerprint density at radius 3 is 2.88 bits per heavy atom. The summed E-state index contributed by atoms with van der Waals surface area (Å²) in [6.45, 7) is 2.31. The molecule has 17 heavy (non-hydrogen) atoms. The van der Waals surface area contributed by atoms with E-state index < -0.39 is 0 Å². The molecule has 90 valence electrons. The maximum atomic E-state index is 11.4. The number of amides is 2. The lowest BCUT2D eigenvalue weighted by Crippen LogP contribution is -2.56. The van der Waals surface area contributed by atoms with E-state index in [2.05, 4.69) is 15.3 Å². The van der Waals surface area contributed by atoms with Crippen molar-refractivity contribution in [2.75, 3.05) is 6.54 Å². The summed E-state index contributed by atoms with van der Waals surface area (Å²) >= 11 is 5.62. The van der Waals surface area contributed by atoms with E-state index >= 15 is 0 Å². The molecule has 1 aliphatic heterocycles. The van der Waals surface area contributed by atoms with Gasteiger partial charge in [-0.1, -0.05) is 11.6 Å². The Balaban J connectivity index is 2.09. The number of imide groups is 1. The van der Waals surface area contributed by atoms with E-state index in [4.69, 9.17) is 11.6 Å². The summed E-state index contributed by atoms with van der Waals surface area (Å²) in [5.41, 5.74) is 0.670. The van der Waals surface area contributed by atoms with Crippen LogP contribution in [0.1, 0.15) is 12.6 Å². The van der Waals surface area contributed by atoms with Gasteiger partial charge >= 0.3 is 0 Å². The molecule has 0 saturated carbocycles. The molecule has 1 aliphatic rings. The second kappa shape index (κ2) is 4.77. The van der Waals surface area contributed by atoms with Crippen LogP contribution in [0.15, 0.2) is 12.4 Å². The van der Waals surface area contributed by atoms with Gasteiger partial charge in [0.25, 0.3) is 0 Å². The third kappa shape index (κ3) is 2.78. The molecular weight excluding hydrogens is 244 g/mol. The van der Waals surface area contributed by atoms with Crippen LogP contribution in [0.25, 0.3) is 0 Å². The van der Waals surface area contributed by atoms with Crippen molar-refractivity contribution in [3.63, 3.8) is 0 Å². The molecule has 0 aromatic carbocycles. The Morgan fingerprint density at radius 1 is 1.47 bits per heavy atom. The van der Waals surface area contributed by atoms with Crippen LogP contribution in [0.2, 0.25) is 5.15 Å². The van der Waals surface area contributed by atoms with Crippen molar-refractivity contribution in [1.82, 2.24) is 20.2 Å². The van der Waals surface area contributed by atoms with E-state index in [1.807, 2.05) is 0 Å². The van der Waals surface area contributed by atoms with Gasteiger partial charge in [-0.05, 0) is 6.92 Å². The third-order valence-electron chi connectivity index (χ3n) is 2.58. The van der Waals surface area contributed by atoms with Gasteiger partial charge < -0.3 is 0 Å². The quantitative estimate of drug-likeness (QED) is 0.751. The number of nitrogens with one attached hydrogen (secondary N) is 1. The number of rotatable bonds is 2. The van der Waals surface area contributed by atoms with Crippen LogP contribution < -0.4 is 5.32 Å². The monoisotopic (exact) mass is 254 g/mol. The van der Waals surface area contributed by atoms with Gasteiger partial charge in [-0.15, -0.1) is 0 Å². The van der Waals surface area contributed by atoms with E-state index in [1.54, 1.807) is 11.8 Å². The van der Waals surface area contributed by atoms with Crippen molar-refractivity contribution in [2.45, 2.75) is 19.5 Å². The fraction of sp³-hybridized carbons (Fsp3) is 0.400. The standard InChI is InChI=1S/C10H11ClN4O2/c1-6-10(17)14-9(16)5-15(6)4-7-2-13-8(11)3-12-7/h2-3,6H,4-5H2,1H3,(H,14,16,17). The van der Waals surface area contributed by atoms with Gasteiger partial charge in [0.1, 0.15) is 5.15 Å². The highest BCUT2D eigenvalue weighted by atomic mass is 35.5. The SMILES string of the molecule is CC1C(=O)NC(=O)CN1Cc1cnc(Cl)cn1. The largest absolute Gasteiger partial charge is 0.294 e. The Morgan fingerprint density at radius 2 is 2.24 bits per heavy atom. The van der Waals surface area contributed by atoms with Gasteiger partial charge in [0.05, 0.1) is 30.7 Å². The maximum absolute atomic E-state index is 11.4. The Labute approximate surface area is 103 Å². The van der Waals surface area contributed by atoms with Gasteiger partial charge in [0.15, 0.2) is 0 Å². The number of carbonyl (C=O) groups excluding carboxylic acids is 2. The predicted octanol–water partition coefficient (Wildman–Crippen LogP) is -0.0231. The predicted molar refractivity (Wildman–Crippen MR) is 60.1 cm³/mol. The molecule has 1 aromatic heterocycles.